The van der Waals surface area contributed by atoms with Crippen LogP contribution in [0.5, 0.6) is 0 Å². The molecular formula is C19H18N2O5S. The number of ether oxygens (including phenoxy) is 1. The van der Waals surface area contributed by atoms with E-state index in [-0.39, 0.29) is 31.2 Å². The van der Waals surface area contributed by atoms with Crippen molar-refractivity contribution in [2.75, 3.05) is 6.61 Å². The molecule has 7 nitrogen and oxygen atoms in total. The number of carbonyl (C=O) groups excluding carboxylic acids is 2. The Morgan fingerprint density at radius 2 is 2.07 bits per heavy atom. The molecule has 0 N–H and O–H groups in total. The third-order valence-corrected chi connectivity index (χ3v) is 4.78. The molecule has 27 heavy (non-hydrogen) atoms. The van der Waals surface area contributed by atoms with Gasteiger partial charge in [0.05, 0.1) is 17.8 Å². The fourth-order valence-corrected chi connectivity index (χ4v) is 3.12. The zero-order valence-corrected chi connectivity index (χ0v) is 15.7. The first kappa shape index (κ1) is 18.8. The Morgan fingerprint density at radius 3 is 2.81 bits per heavy atom. The van der Waals surface area contributed by atoms with E-state index in [4.69, 9.17) is 9.15 Å². The van der Waals surface area contributed by atoms with Crippen LogP contribution >= 0.6 is 11.3 Å². The SMILES string of the molecule is Cc1ccc(C)c(C(=O)COC(=O)CCn2nc(-c3cccs3)oc2=O)c1. The van der Waals surface area contributed by atoms with Gasteiger partial charge in [-0.15, -0.1) is 16.4 Å². The van der Waals surface area contributed by atoms with Gasteiger partial charge in [0.1, 0.15) is 0 Å². The van der Waals surface area contributed by atoms with Crippen LogP contribution in [0.3, 0.4) is 0 Å². The molecule has 140 valence electrons. The minimum atomic E-state index is -0.641. The molecule has 0 aliphatic rings. The van der Waals surface area contributed by atoms with E-state index in [0.29, 0.717) is 5.56 Å². The molecule has 0 aliphatic heterocycles. The Balaban J connectivity index is 1.54. The van der Waals surface area contributed by atoms with E-state index in [0.717, 1.165) is 20.7 Å². The summed E-state index contributed by atoms with van der Waals surface area (Å²) >= 11 is 1.40. The largest absolute Gasteiger partial charge is 0.457 e. The van der Waals surface area contributed by atoms with E-state index in [1.807, 2.05) is 37.4 Å². The highest BCUT2D eigenvalue weighted by Gasteiger charge is 2.15. The minimum Gasteiger partial charge on any atom is -0.457 e. The number of hydrogen-bond donors (Lipinski definition) is 0. The van der Waals surface area contributed by atoms with Crippen LogP contribution in [0.4, 0.5) is 0 Å². The van der Waals surface area contributed by atoms with Crippen molar-refractivity contribution < 1.29 is 18.7 Å². The average molecular weight is 386 g/mol. The van der Waals surface area contributed by atoms with E-state index in [1.54, 1.807) is 12.1 Å². The molecule has 8 heteroatoms. The normalized spacial score (nSPS) is 10.7. The highest BCUT2D eigenvalue weighted by molar-refractivity contribution is 7.13. The second-order valence-corrected chi connectivity index (χ2v) is 6.97. The second kappa shape index (κ2) is 8.13. The van der Waals surface area contributed by atoms with E-state index in [9.17, 15) is 14.4 Å². The van der Waals surface area contributed by atoms with Gasteiger partial charge in [0.2, 0.25) is 5.78 Å². The molecule has 0 fully saturated rings. The van der Waals surface area contributed by atoms with Crippen molar-refractivity contribution in [1.29, 1.82) is 0 Å². The maximum Gasteiger partial charge on any atom is 0.437 e. The van der Waals surface area contributed by atoms with Crippen molar-refractivity contribution in [3.8, 4) is 10.8 Å². The van der Waals surface area contributed by atoms with Crippen molar-refractivity contribution in [1.82, 2.24) is 9.78 Å². The zero-order chi connectivity index (χ0) is 19.4. The lowest BCUT2D eigenvalue weighted by Gasteiger charge is -2.07. The minimum absolute atomic E-state index is 0.0181. The number of Topliss-reactive ketones (excluding diaryl/α,β-unsaturated/α-hetero) is 1. The van der Waals surface area contributed by atoms with Gasteiger partial charge in [-0.1, -0.05) is 23.8 Å². The van der Waals surface area contributed by atoms with Gasteiger partial charge in [0, 0.05) is 5.56 Å². The Kier molecular flexibility index (Phi) is 5.66. The molecule has 0 atom stereocenters. The lowest BCUT2D eigenvalue weighted by Crippen LogP contribution is -2.20. The number of ketones is 1. The molecule has 0 radical (unpaired) electrons. The first-order chi connectivity index (χ1) is 12.9. The van der Waals surface area contributed by atoms with Crippen molar-refractivity contribution in [3.05, 3.63) is 63.0 Å². The molecule has 0 aliphatic carbocycles. The summed E-state index contributed by atoms with van der Waals surface area (Å²) in [5, 5.41) is 5.91. The predicted octanol–water partition coefficient (Wildman–Crippen LogP) is 3.00. The summed E-state index contributed by atoms with van der Waals surface area (Å²) < 4.78 is 11.2. The number of rotatable bonds is 7. The van der Waals surface area contributed by atoms with Crippen molar-refractivity contribution in [3.63, 3.8) is 0 Å². The lowest BCUT2D eigenvalue weighted by molar-refractivity contribution is -0.142. The number of aromatic nitrogens is 2. The summed E-state index contributed by atoms with van der Waals surface area (Å²) in [5.41, 5.74) is 2.33. The van der Waals surface area contributed by atoms with Crippen LogP contribution in [0.2, 0.25) is 0 Å². The summed E-state index contributed by atoms with van der Waals surface area (Å²) in [4.78, 5) is 36.7. The van der Waals surface area contributed by atoms with Crippen LogP contribution in [0.25, 0.3) is 10.8 Å². The second-order valence-electron chi connectivity index (χ2n) is 6.03. The number of aryl methyl sites for hydroxylation is 3. The van der Waals surface area contributed by atoms with Gasteiger partial charge in [-0.3, -0.25) is 9.59 Å². The molecule has 3 aromatic rings. The van der Waals surface area contributed by atoms with Crippen LogP contribution in [0.1, 0.15) is 27.9 Å². The standard InChI is InChI=1S/C19H18N2O5S/c1-12-5-6-13(2)14(10-12)15(22)11-25-17(23)7-8-21-19(24)26-18(20-21)16-4-3-9-27-16/h3-6,9-10H,7-8,11H2,1-2H3. The number of nitrogens with zero attached hydrogens (tertiary/aromatic N) is 2. The fourth-order valence-electron chi connectivity index (χ4n) is 2.48. The molecule has 0 spiro atoms. The zero-order valence-electron chi connectivity index (χ0n) is 14.9. The van der Waals surface area contributed by atoms with Gasteiger partial charge in [-0.25, -0.2) is 4.79 Å². The molecule has 1 aromatic carbocycles. The molecule has 0 amide bonds. The van der Waals surface area contributed by atoms with Crippen molar-refractivity contribution in [2.45, 2.75) is 26.8 Å². The van der Waals surface area contributed by atoms with Crippen molar-refractivity contribution >= 4 is 23.1 Å². The predicted molar refractivity (Wildman–Crippen MR) is 99.9 cm³/mol. The lowest BCUT2D eigenvalue weighted by atomic mass is 10.0. The summed E-state index contributed by atoms with van der Waals surface area (Å²) in [7, 11) is 0. The number of carbonyl (C=O) groups is 2. The Hall–Kier alpha value is -3.00. The molecule has 0 saturated carbocycles. The first-order valence-corrected chi connectivity index (χ1v) is 9.20. The van der Waals surface area contributed by atoms with Crippen LogP contribution in [-0.2, 0) is 16.1 Å². The van der Waals surface area contributed by atoms with Crippen LogP contribution in [-0.4, -0.2) is 28.1 Å². The van der Waals surface area contributed by atoms with Gasteiger partial charge in [-0.2, -0.15) is 4.68 Å². The maximum atomic E-state index is 12.2. The van der Waals surface area contributed by atoms with Gasteiger partial charge in [-0.05, 0) is 36.9 Å². The maximum absolute atomic E-state index is 12.2. The quantitative estimate of drug-likeness (QED) is 0.458. The molecule has 2 heterocycles. The Bertz CT molecular complexity index is 1020. The topological polar surface area (TPSA) is 91.4 Å². The summed E-state index contributed by atoms with van der Waals surface area (Å²) in [6.07, 6.45) is -0.0869. The molecule has 2 aromatic heterocycles. The van der Waals surface area contributed by atoms with Gasteiger partial charge < -0.3 is 9.15 Å². The number of esters is 1. The van der Waals surface area contributed by atoms with Crippen LogP contribution in [0.15, 0.2) is 44.9 Å². The highest BCUT2D eigenvalue weighted by atomic mass is 32.1. The fraction of sp³-hybridized carbons (Fsp3) is 0.263. The number of hydrogen-bond acceptors (Lipinski definition) is 7. The Labute approximate surface area is 159 Å². The van der Waals surface area contributed by atoms with Crippen molar-refractivity contribution in [2.24, 2.45) is 0 Å². The van der Waals surface area contributed by atoms with Gasteiger partial charge in [0.25, 0.3) is 5.89 Å². The van der Waals surface area contributed by atoms with E-state index < -0.39 is 11.7 Å². The third kappa shape index (κ3) is 4.59. The molecule has 0 unspecified atom stereocenters. The number of benzene rings is 1. The summed E-state index contributed by atoms with van der Waals surface area (Å²) in [6.45, 7) is 3.40. The first-order valence-electron chi connectivity index (χ1n) is 8.32. The smallest absolute Gasteiger partial charge is 0.437 e. The Morgan fingerprint density at radius 1 is 1.26 bits per heavy atom. The van der Waals surface area contributed by atoms with Crippen LogP contribution in [0, 0.1) is 13.8 Å². The monoisotopic (exact) mass is 386 g/mol. The van der Waals surface area contributed by atoms with E-state index in [1.165, 1.54) is 11.3 Å². The molecule has 0 saturated heterocycles. The summed E-state index contributed by atoms with van der Waals surface area (Å²) in [6, 6.07) is 9.15. The van der Waals surface area contributed by atoms with Gasteiger partial charge in [0.15, 0.2) is 6.61 Å². The molecule has 3 rings (SSSR count). The number of thiophene rings is 1. The van der Waals surface area contributed by atoms with E-state index in [2.05, 4.69) is 5.10 Å². The highest BCUT2D eigenvalue weighted by Crippen LogP contribution is 2.21. The van der Waals surface area contributed by atoms with Gasteiger partial charge >= 0.3 is 11.7 Å². The molecular weight excluding hydrogens is 368 g/mol. The summed E-state index contributed by atoms with van der Waals surface area (Å²) in [5.74, 6) is -1.27. The third-order valence-electron chi connectivity index (χ3n) is 3.92. The molecule has 0 bridgehead atoms. The van der Waals surface area contributed by atoms with E-state index >= 15 is 0 Å². The van der Waals surface area contributed by atoms with Crippen LogP contribution < -0.4 is 5.76 Å². The average Bonchev–Trinajstić information content (AvgIpc) is 3.29.